The van der Waals surface area contributed by atoms with Crippen LogP contribution in [0.4, 0.5) is 0 Å². The van der Waals surface area contributed by atoms with Gasteiger partial charge in [0.25, 0.3) is 0 Å². The third-order valence-corrected chi connectivity index (χ3v) is 2.81. The van der Waals surface area contributed by atoms with Crippen LogP contribution in [0.1, 0.15) is 38.5 Å². The SMILES string of the molecule is [CH2]CCCCCCC(=C)O[Si](C)(C)C. The Kier molecular flexibility index (Phi) is 6.98. The number of allylic oxidation sites excluding steroid dienone is 1. The maximum absolute atomic E-state index is 5.78. The highest BCUT2D eigenvalue weighted by Gasteiger charge is 2.16. The Morgan fingerprint density at radius 3 is 2.14 bits per heavy atom. The van der Waals surface area contributed by atoms with Crippen molar-refractivity contribution in [2.24, 2.45) is 0 Å². The van der Waals surface area contributed by atoms with Crippen molar-refractivity contribution in [1.29, 1.82) is 0 Å². The van der Waals surface area contributed by atoms with Crippen LogP contribution in [0.25, 0.3) is 0 Å². The molecule has 0 amide bonds. The first-order valence-corrected chi connectivity index (χ1v) is 9.02. The van der Waals surface area contributed by atoms with Crippen LogP contribution in [0.5, 0.6) is 0 Å². The second-order valence-electron chi connectivity index (χ2n) is 4.77. The van der Waals surface area contributed by atoms with Crippen LogP contribution in [0, 0.1) is 6.92 Å². The summed E-state index contributed by atoms with van der Waals surface area (Å²) in [6, 6.07) is 0. The topological polar surface area (TPSA) is 9.23 Å². The van der Waals surface area contributed by atoms with Crippen LogP contribution in [-0.4, -0.2) is 8.32 Å². The second-order valence-corrected chi connectivity index (χ2v) is 9.20. The van der Waals surface area contributed by atoms with Gasteiger partial charge in [0.15, 0.2) is 0 Å². The summed E-state index contributed by atoms with van der Waals surface area (Å²) in [7, 11) is -1.41. The Balaban J connectivity index is 3.36. The summed E-state index contributed by atoms with van der Waals surface area (Å²) in [4.78, 5) is 0. The van der Waals surface area contributed by atoms with Crippen LogP contribution >= 0.6 is 0 Å². The Morgan fingerprint density at radius 1 is 1.07 bits per heavy atom. The summed E-state index contributed by atoms with van der Waals surface area (Å²) in [5.74, 6) is 0.985. The molecule has 1 nitrogen and oxygen atoms in total. The molecule has 0 aromatic rings. The summed E-state index contributed by atoms with van der Waals surface area (Å²) >= 11 is 0. The van der Waals surface area contributed by atoms with E-state index in [1.165, 1.54) is 25.7 Å². The molecule has 83 valence electrons. The first kappa shape index (κ1) is 13.8. The third kappa shape index (κ3) is 9.84. The van der Waals surface area contributed by atoms with Crippen molar-refractivity contribution < 1.29 is 4.43 Å². The van der Waals surface area contributed by atoms with Gasteiger partial charge in [0.05, 0.1) is 5.76 Å². The standard InChI is InChI=1S/C12H25OSi/c1-6-7-8-9-10-11-12(2)13-14(3,4)5/h1-2,6-11H2,3-5H3. The summed E-state index contributed by atoms with van der Waals surface area (Å²) in [5.41, 5.74) is 0. The van der Waals surface area contributed by atoms with Gasteiger partial charge in [-0.3, -0.25) is 0 Å². The lowest BCUT2D eigenvalue weighted by Crippen LogP contribution is -2.24. The Labute approximate surface area is 90.7 Å². The van der Waals surface area contributed by atoms with E-state index < -0.39 is 8.32 Å². The van der Waals surface area contributed by atoms with Crippen molar-refractivity contribution in [2.45, 2.75) is 58.2 Å². The third-order valence-electron chi connectivity index (χ3n) is 1.91. The van der Waals surface area contributed by atoms with E-state index in [9.17, 15) is 0 Å². The summed E-state index contributed by atoms with van der Waals surface area (Å²) in [6.07, 6.45) is 7.13. The van der Waals surface area contributed by atoms with Crippen LogP contribution in [-0.2, 0) is 4.43 Å². The minimum Gasteiger partial charge on any atom is -0.548 e. The molecule has 0 saturated carbocycles. The Hall–Kier alpha value is -0.243. The van der Waals surface area contributed by atoms with Gasteiger partial charge in [0.1, 0.15) is 0 Å². The number of unbranched alkanes of at least 4 members (excludes halogenated alkanes) is 4. The predicted molar refractivity (Wildman–Crippen MR) is 66.6 cm³/mol. The zero-order chi connectivity index (χ0) is 11.0. The molecule has 0 aromatic heterocycles. The Bertz CT molecular complexity index is 158. The molecular formula is C12H25OSi. The molecule has 0 bridgehead atoms. The zero-order valence-electron chi connectivity index (χ0n) is 10.1. The van der Waals surface area contributed by atoms with Crippen molar-refractivity contribution in [3.05, 3.63) is 19.3 Å². The van der Waals surface area contributed by atoms with Crippen molar-refractivity contribution in [3.8, 4) is 0 Å². The van der Waals surface area contributed by atoms with Gasteiger partial charge in [-0.1, -0.05) is 39.2 Å². The maximum Gasteiger partial charge on any atom is 0.241 e. The minimum atomic E-state index is -1.41. The molecule has 0 aromatic carbocycles. The quantitative estimate of drug-likeness (QED) is 0.327. The zero-order valence-corrected chi connectivity index (χ0v) is 11.1. The van der Waals surface area contributed by atoms with Gasteiger partial charge in [0.2, 0.25) is 8.32 Å². The average Bonchev–Trinajstić information content (AvgIpc) is 2.00. The summed E-state index contributed by atoms with van der Waals surface area (Å²) in [5, 5.41) is 0. The molecule has 1 radical (unpaired) electrons. The lowest BCUT2D eigenvalue weighted by molar-refractivity contribution is 0.394. The van der Waals surface area contributed by atoms with E-state index >= 15 is 0 Å². The molecule has 0 aliphatic heterocycles. The molecule has 0 unspecified atom stereocenters. The largest absolute Gasteiger partial charge is 0.548 e. The molecule has 2 heteroatoms. The molecule has 0 rings (SSSR count). The average molecular weight is 213 g/mol. The fraction of sp³-hybridized carbons (Fsp3) is 0.750. The van der Waals surface area contributed by atoms with Gasteiger partial charge in [0, 0.05) is 6.42 Å². The number of rotatable bonds is 8. The molecule has 0 N–H and O–H groups in total. The fourth-order valence-electron chi connectivity index (χ4n) is 1.34. The molecule has 0 heterocycles. The minimum absolute atomic E-state index is 0.985. The normalized spacial score (nSPS) is 11.4. The van der Waals surface area contributed by atoms with Gasteiger partial charge in [-0.15, -0.1) is 0 Å². The van der Waals surface area contributed by atoms with Gasteiger partial charge >= 0.3 is 0 Å². The van der Waals surface area contributed by atoms with Crippen LogP contribution in [0.2, 0.25) is 19.6 Å². The van der Waals surface area contributed by atoms with Crippen molar-refractivity contribution in [1.82, 2.24) is 0 Å². The lowest BCUT2D eigenvalue weighted by atomic mass is 10.1. The summed E-state index contributed by atoms with van der Waals surface area (Å²) in [6.45, 7) is 14.4. The van der Waals surface area contributed by atoms with E-state index in [4.69, 9.17) is 4.43 Å². The first-order valence-electron chi connectivity index (χ1n) is 5.62. The highest BCUT2D eigenvalue weighted by molar-refractivity contribution is 6.70. The monoisotopic (exact) mass is 213 g/mol. The van der Waals surface area contributed by atoms with Crippen LogP contribution in [0.15, 0.2) is 12.3 Å². The van der Waals surface area contributed by atoms with Gasteiger partial charge in [-0.05, 0) is 26.1 Å². The Morgan fingerprint density at radius 2 is 1.64 bits per heavy atom. The van der Waals surface area contributed by atoms with E-state index in [0.29, 0.717) is 0 Å². The molecular weight excluding hydrogens is 188 g/mol. The molecule has 0 aliphatic rings. The lowest BCUT2D eigenvalue weighted by Gasteiger charge is -2.20. The molecule has 0 atom stereocenters. The smallest absolute Gasteiger partial charge is 0.241 e. The van der Waals surface area contributed by atoms with Gasteiger partial charge < -0.3 is 4.43 Å². The van der Waals surface area contributed by atoms with Crippen LogP contribution < -0.4 is 0 Å². The molecule has 0 saturated heterocycles. The van der Waals surface area contributed by atoms with Gasteiger partial charge in [-0.2, -0.15) is 0 Å². The number of hydrogen-bond donors (Lipinski definition) is 0. The maximum atomic E-state index is 5.78. The predicted octanol–water partition coefficient (Wildman–Crippen LogP) is 4.53. The fourth-order valence-corrected chi connectivity index (χ4v) is 2.30. The van der Waals surface area contributed by atoms with E-state index in [-0.39, 0.29) is 0 Å². The van der Waals surface area contributed by atoms with Gasteiger partial charge in [-0.25, -0.2) is 0 Å². The van der Waals surface area contributed by atoms with E-state index in [1.54, 1.807) is 0 Å². The van der Waals surface area contributed by atoms with Crippen LogP contribution in [0.3, 0.4) is 0 Å². The first-order chi connectivity index (χ1) is 6.45. The summed E-state index contributed by atoms with van der Waals surface area (Å²) < 4.78 is 5.78. The molecule has 0 fully saturated rings. The molecule has 0 aliphatic carbocycles. The van der Waals surface area contributed by atoms with Crippen molar-refractivity contribution in [2.75, 3.05) is 0 Å². The van der Waals surface area contributed by atoms with E-state index in [1.807, 2.05) is 0 Å². The highest BCUT2D eigenvalue weighted by Crippen LogP contribution is 2.15. The number of hydrogen-bond acceptors (Lipinski definition) is 1. The molecule has 14 heavy (non-hydrogen) atoms. The second kappa shape index (κ2) is 7.10. The van der Waals surface area contributed by atoms with E-state index in [2.05, 4.69) is 33.1 Å². The van der Waals surface area contributed by atoms with E-state index in [0.717, 1.165) is 18.6 Å². The van der Waals surface area contributed by atoms with Crippen molar-refractivity contribution in [3.63, 3.8) is 0 Å². The van der Waals surface area contributed by atoms with Crippen molar-refractivity contribution >= 4 is 8.32 Å². The highest BCUT2D eigenvalue weighted by atomic mass is 28.4. The molecule has 0 spiro atoms.